The minimum Gasteiger partial charge on any atom is -0.495 e. The number of ether oxygens (including phenoxy) is 2. The number of rotatable bonds is 5. The van der Waals surface area contributed by atoms with Crippen molar-refractivity contribution in [1.82, 2.24) is 0 Å². The Kier molecular flexibility index (Phi) is 5.65. The number of methoxy groups -OCH3 is 1. The Bertz CT molecular complexity index is 777. The van der Waals surface area contributed by atoms with Crippen molar-refractivity contribution in [3.63, 3.8) is 0 Å². The lowest BCUT2D eigenvalue weighted by Gasteiger charge is -2.09. The summed E-state index contributed by atoms with van der Waals surface area (Å²) in [7, 11) is 1.48. The standard InChI is InChI=1S/C17H17ClN2O4/c1-10-3-5-12(8-13(10)18)20-16(21)9-24-17(22)11-4-6-15(23-2)14(19)7-11/h3-8H,9,19H2,1-2H3,(H,20,21). The minimum absolute atomic E-state index is 0.236. The van der Waals surface area contributed by atoms with Crippen LogP contribution in [0.4, 0.5) is 11.4 Å². The number of halogens is 1. The van der Waals surface area contributed by atoms with Crippen molar-refractivity contribution in [2.24, 2.45) is 0 Å². The molecule has 0 aliphatic rings. The fraction of sp³-hybridized carbons (Fsp3) is 0.176. The third-order valence-electron chi connectivity index (χ3n) is 3.26. The molecule has 7 heteroatoms. The van der Waals surface area contributed by atoms with E-state index in [1.807, 2.05) is 6.92 Å². The maximum atomic E-state index is 11.9. The van der Waals surface area contributed by atoms with Gasteiger partial charge in [-0.25, -0.2) is 4.79 Å². The molecule has 2 aromatic carbocycles. The van der Waals surface area contributed by atoms with Crippen LogP contribution in [0, 0.1) is 6.92 Å². The van der Waals surface area contributed by atoms with Gasteiger partial charge in [-0.15, -0.1) is 0 Å². The van der Waals surface area contributed by atoms with Crippen LogP contribution >= 0.6 is 11.6 Å². The number of benzene rings is 2. The van der Waals surface area contributed by atoms with Gasteiger partial charge in [-0.05, 0) is 42.8 Å². The van der Waals surface area contributed by atoms with Gasteiger partial charge in [0.25, 0.3) is 5.91 Å². The third kappa shape index (κ3) is 4.39. The smallest absolute Gasteiger partial charge is 0.338 e. The molecule has 0 aliphatic carbocycles. The molecule has 0 bridgehead atoms. The van der Waals surface area contributed by atoms with Gasteiger partial charge in [-0.2, -0.15) is 0 Å². The number of esters is 1. The van der Waals surface area contributed by atoms with Crippen LogP contribution in [-0.2, 0) is 9.53 Å². The predicted molar refractivity (Wildman–Crippen MR) is 92.5 cm³/mol. The number of hydrogen-bond donors (Lipinski definition) is 2. The first kappa shape index (κ1) is 17.6. The largest absolute Gasteiger partial charge is 0.495 e. The summed E-state index contributed by atoms with van der Waals surface area (Å²) in [6.07, 6.45) is 0. The molecule has 0 radical (unpaired) electrons. The molecule has 2 aromatic rings. The summed E-state index contributed by atoms with van der Waals surface area (Å²) in [5.41, 5.74) is 7.71. The maximum absolute atomic E-state index is 11.9. The van der Waals surface area contributed by atoms with Gasteiger partial charge in [0.1, 0.15) is 5.75 Å². The monoisotopic (exact) mass is 348 g/mol. The van der Waals surface area contributed by atoms with Crippen LogP contribution < -0.4 is 15.8 Å². The average molecular weight is 349 g/mol. The lowest BCUT2D eigenvalue weighted by Crippen LogP contribution is -2.21. The number of nitrogen functional groups attached to an aromatic ring is 1. The Morgan fingerprint density at radius 2 is 1.96 bits per heavy atom. The van der Waals surface area contributed by atoms with Crippen LogP contribution in [0.3, 0.4) is 0 Å². The Labute approximate surface area is 144 Å². The second-order valence-electron chi connectivity index (χ2n) is 5.05. The summed E-state index contributed by atoms with van der Waals surface area (Å²) in [6, 6.07) is 9.62. The summed E-state index contributed by atoms with van der Waals surface area (Å²) in [6.45, 7) is 1.44. The highest BCUT2D eigenvalue weighted by Gasteiger charge is 2.12. The van der Waals surface area contributed by atoms with Crippen molar-refractivity contribution < 1.29 is 19.1 Å². The molecule has 2 rings (SSSR count). The Morgan fingerprint density at radius 1 is 1.21 bits per heavy atom. The molecule has 24 heavy (non-hydrogen) atoms. The van der Waals surface area contributed by atoms with E-state index in [4.69, 9.17) is 26.8 Å². The second-order valence-corrected chi connectivity index (χ2v) is 5.45. The van der Waals surface area contributed by atoms with E-state index in [0.717, 1.165) is 5.56 Å². The molecule has 1 amide bonds. The highest BCUT2D eigenvalue weighted by Crippen LogP contribution is 2.22. The summed E-state index contributed by atoms with van der Waals surface area (Å²) in [5, 5.41) is 3.14. The Balaban J connectivity index is 1.92. The second kappa shape index (κ2) is 7.70. The van der Waals surface area contributed by atoms with Crippen molar-refractivity contribution in [3.05, 3.63) is 52.5 Å². The topological polar surface area (TPSA) is 90.6 Å². The first-order valence-electron chi connectivity index (χ1n) is 7.07. The van der Waals surface area contributed by atoms with Gasteiger partial charge in [0.2, 0.25) is 0 Å². The van der Waals surface area contributed by atoms with E-state index in [2.05, 4.69) is 5.32 Å². The van der Waals surface area contributed by atoms with E-state index in [1.165, 1.54) is 19.2 Å². The van der Waals surface area contributed by atoms with Gasteiger partial charge < -0.3 is 20.5 Å². The minimum atomic E-state index is -0.651. The Morgan fingerprint density at radius 3 is 2.58 bits per heavy atom. The van der Waals surface area contributed by atoms with Crippen molar-refractivity contribution in [2.45, 2.75) is 6.92 Å². The van der Waals surface area contributed by atoms with Crippen LogP contribution in [-0.4, -0.2) is 25.6 Å². The molecule has 6 nitrogen and oxygen atoms in total. The van der Waals surface area contributed by atoms with E-state index in [0.29, 0.717) is 22.1 Å². The summed E-state index contributed by atoms with van der Waals surface area (Å²) in [4.78, 5) is 23.8. The highest BCUT2D eigenvalue weighted by atomic mass is 35.5. The van der Waals surface area contributed by atoms with E-state index in [9.17, 15) is 9.59 Å². The van der Waals surface area contributed by atoms with Crippen molar-refractivity contribution in [2.75, 3.05) is 24.8 Å². The molecule has 0 aliphatic heterocycles. The number of hydrogen-bond acceptors (Lipinski definition) is 5. The first-order chi connectivity index (χ1) is 11.4. The lowest BCUT2D eigenvalue weighted by molar-refractivity contribution is -0.119. The maximum Gasteiger partial charge on any atom is 0.338 e. The third-order valence-corrected chi connectivity index (χ3v) is 3.66. The van der Waals surface area contributed by atoms with Gasteiger partial charge in [-0.1, -0.05) is 17.7 Å². The Hall–Kier alpha value is -2.73. The number of aryl methyl sites for hydroxylation is 1. The van der Waals surface area contributed by atoms with E-state index in [-0.39, 0.29) is 5.56 Å². The van der Waals surface area contributed by atoms with E-state index >= 15 is 0 Å². The predicted octanol–water partition coefficient (Wildman–Crippen LogP) is 3.03. The molecular weight excluding hydrogens is 332 g/mol. The van der Waals surface area contributed by atoms with Crippen LogP contribution in [0.25, 0.3) is 0 Å². The van der Waals surface area contributed by atoms with Crippen LogP contribution in [0.2, 0.25) is 5.02 Å². The van der Waals surface area contributed by atoms with Crippen LogP contribution in [0.1, 0.15) is 15.9 Å². The van der Waals surface area contributed by atoms with E-state index < -0.39 is 18.5 Å². The molecular formula is C17H17ClN2O4. The molecule has 0 saturated heterocycles. The van der Waals surface area contributed by atoms with Crippen molar-refractivity contribution in [1.29, 1.82) is 0 Å². The zero-order chi connectivity index (χ0) is 17.7. The summed E-state index contributed by atoms with van der Waals surface area (Å²) < 4.78 is 9.97. The lowest BCUT2D eigenvalue weighted by atomic mass is 10.2. The first-order valence-corrected chi connectivity index (χ1v) is 7.45. The van der Waals surface area contributed by atoms with Gasteiger partial charge in [0.05, 0.1) is 18.4 Å². The molecule has 0 heterocycles. The van der Waals surface area contributed by atoms with Crippen LogP contribution in [0.5, 0.6) is 5.75 Å². The SMILES string of the molecule is COc1ccc(C(=O)OCC(=O)Nc2ccc(C)c(Cl)c2)cc1N. The molecule has 0 atom stereocenters. The van der Waals surface area contributed by atoms with E-state index in [1.54, 1.807) is 24.3 Å². The van der Waals surface area contributed by atoms with Gasteiger partial charge in [-0.3, -0.25) is 4.79 Å². The van der Waals surface area contributed by atoms with Gasteiger partial charge in [0, 0.05) is 10.7 Å². The number of nitrogens with one attached hydrogen (secondary N) is 1. The number of anilines is 2. The molecule has 0 saturated carbocycles. The molecule has 0 aromatic heterocycles. The fourth-order valence-electron chi connectivity index (χ4n) is 1.94. The van der Waals surface area contributed by atoms with Gasteiger partial charge >= 0.3 is 5.97 Å². The molecule has 3 N–H and O–H groups in total. The molecule has 0 fully saturated rings. The number of nitrogens with two attached hydrogens (primary N) is 1. The normalized spacial score (nSPS) is 10.1. The summed E-state index contributed by atoms with van der Waals surface area (Å²) >= 11 is 5.99. The quantitative estimate of drug-likeness (QED) is 0.640. The average Bonchev–Trinajstić information content (AvgIpc) is 2.56. The van der Waals surface area contributed by atoms with Crippen molar-refractivity contribution >= 4 is 34.9 Å². The number of amides is 1. The number of carbonyl (C=O) groups is 2. The number of carbonyl (C=O) groups excluding carboxylic acids is 2. The zero-order valence-electron chi connectivity index (χ0n) is 13.3. The van der Waals surface area contributed by atoms with Crippen molar-refractivity contribution in [3.8, 4) is 5.75 Å². The molecule has 126 valence electrons. The zero-order valence-corrected chi connectivity index (χ0v) is 14.0. The molecule has 0 unspecified atom stereocenters. The highest BCUT2D eigenvalue weighted by molar-refractivity contribution is 6.31. The summed E-state index contributed by atoms with van der Waals surface area (Å²) in [5.74, 6) is -0.660. The van der Waals surface area contributed by atoms with Crippen LogP contribution in [0.15, 0.2) is 36.4 Å². The van der Waals surface area contributed by atoms with Gasteiger partial charge in [0.15, 0.2) is 6.61 Å². The molecule has 0 spiro atoms. The fourth-order valence-corrected chi connectivity index (χ4v) is 2.12.